The Hall–Kier alpha value is -0.120. The molecule has 0 aromatic heterocycles. The molecule has 3 N–H and O–H groups in total. The maximum Gasteiger partial charge on any atom is 0.0558 e. The summed E-state index contributed by atoms with van der Waals surface area (Å²) in [6, 6.07) is 1.61. The van der Waals surface area contributed by atoms with Gasteiger partial charge in [0.2, 0.25) is 0 Å². The third-order valence-corrected chi connectivity index (χ3v) is 3.68. The smallest absolute Gasteiger partial charge is 0.0558 e. The zero-order chi connectivity index (χ0) is 11.3. The molecule has 1 saturated carbocycles. The fourth-order valence-corrected chi connectivity index (χ4v) is 2.83. The van der Waals surface area contributed by atoms with E-state index in [1.165, 1.54) is 19.3 Å². The third kappa shape index (κ3) is 3.44. The summed E-state index contributed by atoms with van der Waals surface area (Å²) in [6.45, 7) is 5.53. The van der Waals surface area contributed by atoms with Crippen LogP contribution in [-0.4, -0.2) is 41.3 Å². The van der Waals surface area contributed by atoms with Crippen molar-refractivity contribution >= 4 is 0 Å². The van der Waals surface area contributed by atoms with Crippen LogP contribution in [0, 0.1) is 0 Å². The number of hydrogen-bond donors (Lipinski definition) is 2. The average molecular weight is 214 g/mol. The highest BCUT2D eigenvalue weighted by atomic mass is 16.3. The third-order valence-electron chi connectivity index (χ3n) is 3.68. The van der Waals surface area contributed by atoms with E-state index in [0.29, 0.717) is 18.1 Å². The number of aliphatic hydroxyl groups excluding tert-OH is 1. The second kappa shape index (κ2) is 6.46. The van der Waals surface area contributed by atoms with Crippen molar-refractivity contribution in [1.82, 2.24) is 4.90 Å². The van der Waals surface area contributed by atoms with Crippen LogP contribution in [0.4, 0.5) is 0 Å². The van der Waals surface area contributed by atoms with Gasteiger partial charge in [0.15, 0.2) is 0 Å². The lowest BCUT2D eigenvalue weighted by atomic mass is 10.1. The molecule has 0 radical (unpaired) electrons. The standard InChI is InChI=1S/C12H26N2O/c1-3-11(4-2)14(7-8-15)12-6-5-10(13)9-12/h10-12,15H,3-9,13H2,1-2H3. The first-order valence-electron chi connectivity index (χ1n) is 6.35. The van der Waals surface area contributed by atoms with Crippen molar-refractivity contribution in [2.45, 2.75) is 64.1 Å². The minimum atomic E-state index is 0.266. The number of aliphatic hydroxyl groups is 1. The molecular formula is C12H26N2O. The number of rotatable bonds is 6. The Morgan fingerprint density at radius 3 is 2.40 bits per heavy atom. The first-order valence-corrected chi connectivity index (χ1v) is 6.35. The summed E-state index contributed by atoms with van der Waals surface area (Å²) in [5, 5.41) is 9.13. The van der Waals surface area contributed by atoms with E-state index in [2.05, 4.69) is 18.7 Å². The molecule has 0 bridgehead atoms. The normalized spacial score (nSPS) is 26.8. The highest BCUT2D eigenvalue weighted by molar-refractivity contribution is 4.87. The largest absolute Gasteiger partial charge is 0.395 e. The van der Waals surface area contributed by atoms with Crippen LogP contribution in [0.1, 0.15) is 46.0 Å². The van der Waals surface area contributed by atoms with Crippen molar-refractivity contribution in [3.63, 3.8) is 0 Å². The molecule has 2 atom stereocenters. The zero-order valence-electron chi connectivity index (χ0n) is 10.2. The molecule has 0 heterocycles. The molecule has 2 unspecified atom stereocenters. The molecule has 3 nitrogen and oxygen atoms in total. The lowest BCUT2D eigenvalue weighted by molar-refractivity contribution is 0.0982. The molecule has 3 heteroatoms. The van der Waals surface area contributed by atoms with Crippen molar-refractivity contribution in [2.24, 2.45) is 5.73 Å². The molecule has 1 fully saturated rings. The van der Waals surface area contributed by atoms with E-state index in [9.17, 15) is 0 Å². The van der Waals surface area contributed by atoms with Crippen LogP contribution < -0.4 is 5.73 Å². The van der Waals surface area contributed by atoms with Crippen LogP contribution in [0.3, 0.4) is 0 Å². The average Bonchev–Trinajstić information content (AvgIpc) is 2.65. The summed E-state index contributed by atoms with van der Waals surface area (Å²) in [6.07, 6.45) is 5.80. The Kier molecular flexibility index (Phi) is 5.58. The summed E-state index contributed by atoms with van der Waals surface area (Å²) in [7, 11) is 0. The topological polar surface area (TPSA) is 49.5 Å². The highest BCUT2D eigenvalue weighted by Crippen LogP contribution is 2.26. The van der Waals surface area contributed by atoms with Gasteiger partial charge in [0, 0.05) is 24.7 Å². The maximum atomic E-state index is 9.13. The molecule has 1 rings (SSSR count). The number of nitrogens with zero attached hydrogens (tertiary/aromatic N) is 1. The summed E-state index contributed by atoms with van der Waals surface area (Å²) in [5.41, 5.74) is 5.95. The van der Waals surface area contributed by atoms with Gasteiger partial charge >= 0.3 is 0 Å². The van der Waals surface area contributed by atoms with Crippen LogP contribution in [0.5, 0.6) is 0 Å². The molecule has 0 spiro atoms. The molecule has 0 aliphatic heterocycles. The second-order valence-corrected chi connectivity index (χ2v) is 4.66. The van der Waals surface area contributed by atoms with Crippen LogP contribution in [0.15, 0.2) is 0 Å². The van der Waals surface area contributed by atoms with Gasteiger partial charge in [-0.3, -0.25) is 4.90 Å². The van der Waals surface area contributed by atoms with Gasteiger partial charge in [0.05, 0.1) is 6.61 Å². The summed E-state index contributed by atoms with van der Waals surface area (Å²) in [4.78, 5) is 2.48. The van der Waals surface area contributed by atoms with Crippen molar-refractivity contribution in [1.29, 1.82) is 0 Å². The van der Waals surface area contributed by atoms with Gasteiger partial charge in [-0.2, -0.15) is 0 Å². The maximum absolute atomic E-state index is 9.13. The van der Waals surface area contributed by atoms with Crippen molar-refractivity contribution in [2.75, 3.05) is 13.2 Å². The first kappa shape index (κ1) is 12.9. The highest BCUT2D eigenvalue weighted by Gasteiger charge is 2.29. The zero-order valence-corrected chi connectivity index (χ0v) is 10.2. The quantitative estimate of drug-likeness (QED) is 0.701. The fraction of sp³-hybridized carbons (Fsp3) is 1.00. The van der Waals surface area contributed by atoms with Crippen LogP contribution in [-0.2, 0) is 0 Å². The van der Waals surface area contributed by atoms with E-state index < -0.39 is 0 Å². The van der Waals surface area contributed by atoms with E-state index in [-0.39, 0.29) is 6.61 Å². The van der Waals surface area contributed by atoms with Crippen LogP contribution >= 0.6 is 0 Å². The molecule has 15 heavy (non-hydrogen) atoms. The van der Waals surface area contributed by atoms with Crippen molar-refractivity contribution in [3.8, 4) is 0 Å². The Morgan fingerprint density at radius 2 is 2.00 bits per heavy atom. The molecule has 0 saturated heterocycles. The number of nitrogens with two attached hydrogens (primary N) is 1. The van der Waals surface area contributed by atoms with Gasteiger partial charge in [0.1, 0.15) is 0 Å². The summed E-state index contributed by atoms with van der Waals surface area (Å²) in [5.74, 6) is 0. The predicted molar refractivity (Wildman–Crippen MR) is 63.8 cm³/mol. The van der Waals surface area contributed by atoms with Crippen LogP contribution in [0.25, 0.3) is 0 Å². The fourth-order valence-electron chi connectivity index (χ4n) is 2.83. The summed E-state index contributed by atoms with van der Waals surface area (Å²) < 4.78 is 0. The molecule has 1 aliphatic rings. The Morgan fingerprint density at radius 1 is 1.33 bits per heavy atom. The molecule has 1 aliphatic carbocycles. The molecule has 0 aromatic rings. The van der Waals surface area contributed by atoms with E-state index >= 15 is 0 Å². The Labute approximate surface area is 93.6 Å². The SMILES string of the molecule is CCC(CC)N(CCO)C1CCC(N)C1. The van der Waals surface area contributed by atoms with Gasteiger partial charge in [-0.1, -0.05) is 13.8 Å². The lowest BCUT2D eigenvalue weighted by Gasteiger charge is -2.35. The van der Waals surface area contributed by atoms with Crippen LogP contribution in [0.2, 0.25) is 0 Å². The monoisotopic (exact) mass is 214 g/mol. The second-order valence-electron chi connectivity index (χ2n) is 4.66. The van der Waals surface area contributed by atoms with Gasteiger partial charge in [-0.25, -0.2) is 0 Å². The lowest BCUT2D eigenvalue weighted by Crippen LogP contribution is -2.43. The Bertz CT molecular complexity index is 171. The van der Waals surface area contributed by atoms with E-state index in [1.54, 1.807) is 0 Å². The van der Waals surface area contributed by atoms with Gasteiger partial charge in [0.25, 0.3) is 0 Å². The molecular weight excluding hydrogens is 188 g/mol. The van der Waals surface area contributed by atoms with E-state index in [0.717, 1.165) is 19.4 Å². The minimum absolute atomic E-state index is 0.266. The van der Waals surface area contributed by atoms with Crippen molar-refractivity contribution in [3.05, 3.63) is 0 Å². The minimum Gasteiger partial charge on any atom is -0.395 e. The van der Waals surface area contributed by atoms with E-state index in [4.69, 9.17) is 10.8 Å². The van der Waals surface area contributed by atoms with Gasteiger partial charge in [-0.05, 0) is 32.1 Å². The first-order chi connectivity index (χ1) is 7.22. The summed E-state index contributed by atoms with van der Waals surface area (Å²) >= 11 is 0. The predicted octanol–water partition coefficient (Wildman–Crippen LogP) is 1.35. The Balaban J connectivity index is 2.55. The molecule has 0 aromatic carbocycles. The van der Waals surface area contributed by atoms with Crippen molar-refractivity contribution < 1.29 is 5.11 Å². The van der Waals surface area contributed by atoms with E-state index in [1.807, 2.05) is 0 Å². The number of hydrogen-bond acceptors (Lipinski definition) is 3. The molecule has 0 amide bonds. The van der Waals surface area contributed by atoms with Gasteiger partial charge < -0.3 is 10.8 Å². The molecule has 90 valence electrons. The van der Waals surface area contributed by atoms with Gasteiger partial charge in [-0.15, -0.1) is 0 Å².